The largest absolute Gasteiger partial charge is 0.477 e. The lowest BCUT2D eigenvalue weighted by atomic mass is 10.0. The first-order chi connectivity index (χ1) is 37.6. The molecule has 77 heavy (non-hydrogen) atoms. The molecule has 0 bridgehead atoms. The summed E-state index contributed by atoms with van der Waals surface area (Å²) in [4.78, 5) is 37.4. The average molecular weight is 1070 g/mol. The number of nitrogens with zero attached hydrogens (tertiary/aromatic N) is 1. The van der Waals surface area contributed by atoms with Gasteiger partial charge in [-0.15, -0.1) is 0 Å². The highest BCUT2D eigenvalue weighted by atomic mass is 16.7. The summed E-state index contributed by atoms with van der Waals surface area (Å²) in [7, 11) is 5.95. The van der Waals surface area contributed by atoms with E-state index >= 15 is 0 Å². The molecular formula is C68H112NO8+. The van der Waals surface area contributed by atoms with Crippen LogP contribution in [0.3, 0.4) is 0 Å². The van der Waals surface area contributed by atoms with Gasteiger partial charge >= 0.3 is 17.9 Å². The van der Waals surface area contributed by atoms with Crippen molar-refractivity contribution in [3.05, 3.63) is 134 Å². The first-order valence-electron chi connectivity index (χ1n) is 30.3. The van der Waals surface area contributed by atoms with Crippen molar-refractivity contribution in [2.45, 2.75) is 232 Å². The van der Waals surface area contributed by atoms with Crippen LogP contribution in [0, 0.1) is 0 Å². The quantitative estimate of drug-likeness (QED) is 0.0211. The van der Waals surface area contributed by atoms with Crippen molar-refractivity contribution in [3.8, 4) is 0 Å². The van der Waals surface area contributed by atoms with Crippen LogP contribution in [0.25, 0.3) is 0 Å². The molecule has 0 aromatic heterocycles. The molecule has 436 valence electrons. The van der Waals surface area contributed by atoms with Gasteiger partial charge in [0.05, 0.1) is 34.4 Å². The van der Waals surface area contributed by atoms with Crippen LogP contribution in [0.2, 0.25) is 0 Å². The molecule has 0 aromatic rings. The zero-order valence-electron chi connectivity index (χ0n) is 49.6. The number of ether oxygens (including phenoxy) is 4. The Kier molecular flexibility index (Phi) is 54.2. The van der Waals surface area contributed by atoms with Gasteiger partial charge < -0.3 is 28.5 Å². The van der Waals surface area contributed by atoms with E-state index in [1.807, 2.05) is 21.1 Å². The molecule has 0 fully saturated rings. The van der Waals surface area contributed by atoms with E-state index in [-0.39, 0.29) is 38.6 Å². The number of rotatable bonds is 54. The third-order valence-corrected chi connectivity index (χ3v) is 12.4. The number of allylic oxidation sites excluding steroid dienone is 22. The summed E-state index contributed by atoms with van der Waals surface area (Å²) in [5, 5.41) is 9.71. The first-order valence-corrected chi connectivity index (χ1v) is 30.3. The van der Waals surface area contributed by atoms with Gasteiger partial charge in [-0.2, -0.15) is 0 Å². The predicted molar refractivity (Wildman–Crippen MR) is 327 cm³/mol. The monoisotopic (exact) mass is 1070 g/mol. The van der Waals surface area contributed by atoms with Crippen LogP contribution in [-0.4, -0.2) is 87.4 Å². The Labute approximate surface area is 471 Å². The average Bonchev–Trinajstić information content (AvgIpc) is 3.40. The molecular weight excluding hydrogens is 959 g/mol. The van der Waals surface area contributed by atoms with Crippen molar-refractivity contribution in [1.82, 2.24) is 0 Å². The molecule has 0 amide bonds. The molecule has 9 nitrogen and oxygen atoms in total. The fourth-order valence-corrected chi connectivity index (χ4v) is 7.81. The summed E-state index contributed by atoms with van der Waals surface area (Å²) < 4.78 is 22.8. The number of unbranched alkanes of at least 4 members (excludes halogenated alkanes) is 17. The molecule has 0 saturated carbocycles. The summed E-state index contributed by atoms with van der Waals surface area (Å²) in [5.41, 5.74) is 0. The van der Waals surface area contributed by atoms with E-state index in [1.165, 1.54) is 64.2 Å². The molecule has 2 unspecified atom stereocenters. The highest BCUT2D eigenvalue weighted by Crippen LogP contribution is 2.15. The van der Waals surface area contributed by atoms with Crippen LogP contribution in [0.1, 0.15) is 219 Å². The Morgan fingerprint density at radius 3 is 1.04 bits per heavy atom. The highest BCUT2D eigenvalue weighted by Gasteiger charge is 2.25. The Morgan fingerprint density at radius 1 is 0.390 bits per heavy atom. The fourth-order valence-electron chi connectivity index (χ4n) is 7.81. The lowest BCUT2D eigenvalue weighted by Gasteiger charge is -2.25. The van der Waals surface area contributed by atoms with Crippen LogP contribution in [0.4, 0.5) is 0 Å². The summed E-state index contributed by atoms with van der Waals surface area (Å²) in [6, 6.07) is 0. The number of hydrogen-bond acceptors (Lipinski definition) is 7. The maximum atomic E-state index is 12.9. The number of aliphatic carboxylic acids is 1. The molecule has 0 aliphatic heterocycles. The van der Waals surface area contributed by atoms with Gasteiger partial charge in [0.1, 0.15) is 13.2 Å². The number of carbonyl (C=O) groups is 3. The number of likely N-dealkylation sites (N-methyl/N-ethyl adjacent to an activating group) is 1. The van der Waals surface area contributed by atoms with Gasteiger partial charge in [0.15, 0.2) is 6.10 Å². The van der Waals surface area contributed by atoms with E-state index in [9.17, 15) is 19.5 Å². The maximum Gasteiger partial charge on any atom is 0.361 e. The van der Waals surface area contributed by atoms with Crippen LogP contribution in [0.5, 0.6) is 0 Å². The fraction of sp³-hybridized carbons (Fsp3) is 0.632. The third kappa shape index (κ3) is 58.9. The molecule has 0 saturated heterocycles. The van der Waals surface area contributed by atoms with Crippen LogP contribution in [-0.2, 0) is 33.3 Å². The Hall–Kier alpha value is -4.57. The molecule has 2 atom stereocenters. The van der Waals surface area contributed by atoms with Gasteiger partial charge in [0, 0.05) is 12.8 Å². The van der Waals surface area contributed by atoms with Crippen molar-refractivity contribution in [1.29, 1.82) is 0 Å². The third-order valence-electron chi connectivity index (χ3n) is 12.4. The standard InChI is InChI=1S/C68H111NO8/c1-6-8-10-12-14-16-18-20-22-24-25-26-27-28-29-30-31-32-33-34-35-36-37-38-39-40-41-43-45-47-49-51-53-55-57-59-66(71)77-64(63-76-68(67(72)73)74-61-60-69(3,4)5)62-75-65(70)58-56-54-52-50-48-46-44-42-23-21-19-17-15-13-11-9-7-2/h8-11,14-17,20-23,25-26,28-29,31-32,34-35,44,46,64,68H,6-7,12-13,18-19,24,27,30,33,36-43,45,47-63H2,1-5H3/p+1/b10-8-,11-9-,16-14-,17-15-,22-20-,23-21-,26-25-,29-28-,32-31-,35-34-,46-44-. The van der Waals surface area contributed by atoms with Gasteiger partial charge in [-0.05, 0) is 109 Å². The van der Waals surface area contributed by atoms with Crippen molar-refractivity contribution >= 4 is 17.9 Å². The second-order valence-corrected chi connectivity index (χ2v) is 20.9. The minimum atomic E-state index is -1.52. The SMILES string of the molecule is CC/C=C\C/C=C\C/C=C\C/C=C\C/C=C\C/C=C\C/C=C\CCCCCCCCCCCCCCCC(=O)OC(COC(=O)CCCCCC/C=C\C/C=C\C/C=C\C/C=C\CC)COC(OCC[N+](C)(C)C)C(=O)O. The maximum absolute atomic E-state index is 12.9. The van der Waals surface area contributed by atoms with Crippen molar-refractivity contribution in [3.63, 3.8) is 0 Å². The summed E-state index contributed by atoms with van der Waals surface area (Å²) >= 11 is 0. The molecule has 0 aliphatic rings. The molecule has 0 spiro atoms. The van der Waals surface area contributed by atoms with Gasteiger partial charge in [0.2, 0.25) is 0 Å². The van der Waals surface area contributed by atoms with Crippen LogP contribution >= 0.6 is 0 Å². The number of carbonyl (C=O) groups excluding carboxylic acids is 2. The molecule has 0 heterocycles. The minimum Gasteiger partial charge on any atom is -0.477 e. The van der Waals surface area contributed by atoms with Gasteiger partial charge in [-0.3, -0.25) is 9.59 Å². The van der Waals surface area contributed by atoms with E-state index < -0.39 is 24.3 Å². The zero-order valence-corrected chi connectivity index (χ0v) is 49.6. The number of carboxylic acid groups (broad SMARTS) is 1. The highest BCUT2D eigenvalue weighted by molar-refractivity contribution is 5.71. The van der Waals surface area contributed by atoms with Crippen molar-refractivity contribution < 1.29 is 42.9 Å². The summed E-state index contributed by atoms with van der Waals surface area (Å²) in [6.45, 7) is 4.60. The Morgan fingerprint density at radius 2 is 0.701 bits per heavy atom. The number of esters is 2. The summed E-state index contributed by atoms with van der Waals surface area (Å²) in [6.07, 6.45) is 79.7. The van der Waals surface area contributed by atoms with E-state index in [2.05, 4.69) is 148 Å². The van der Waals surface area contributed by atoms with Gasteiger partial charge in [-0.25, -0.2) is 4.79 Å². The van der Waals surface area contributed by atoms with E-state index in [4.69, 9.17) is 18.9 Å². The van der Waals surface area contributed by atoms with E-state index in [1.54, 1.807) is 0 Å². The molecule has 0 aliphatic carbocycles. The van der Waals surface area contributed by atoms with Crippen molar-refractivity contribution in [2.24, 2.45) is 0 Å². The number of carboxylic acids is 1. The van der Waals surface area contributed by atoms with Crippen molar-refractivity contribution in [2.75, 3.05) is 47.5 Å². The predicted octanol–water partition coefficient (Wildman–Crippen LogP) is 18.2. The minimum absolute atomic E-state index is 0.177. The smallest absolute Gasteiger partial charge is 0.361 e. The lowest BCUT2D eigenvalue weighted by molar-refractivity contribution is -0.870. The molecule has 0 aromatic carbocycles. The topological polar surface area (TPSA) is 108 Å². The second kappa shape index (κ2) is 57.6. The van der Waals surface area contributed by atoms with Gasteiger partial charge in [0.25, 0.3) is 6.29 Å². The number of hydrogen-bond donors (Lipinski definition) is 1. The van der Waals surface area contributed by atoms with Crippen LogP contribution < -0.4 is 0 Å². The molecule has 0 radical (unpaired) electrons. The lowest BCUT2D eigenvalue weighted by Crippen LogP contribution is -2.40. The van der Waals surface area contributed by atoms with E-state index in [0.29, 0.717) is 23.9 Å². The normalized spacial score (nSPS) is 13.7. The first kappa shape index (κ1) is 72.4. The van der Waals surface area contributed by atoms with Gasteiger partial charge in [-0.1, -0.05) is 231 Å². The van der Waals surface area contributed by atoms with Crippen LogP contribution in [0.15, 0.2) is 134 Å². The summed E-state index contributed by atoms with van der Waals surface area (Å²) in [5.74, 6) is -2.05. The number of quaternary nitrogens is 1. The zero-order chi connectivity index (χ0) is 56.2. The second-order valence-electron chi connectivity index (χ2n) is 20.9. The Bertz CT molecular complexity index is 1720. The van der Waals surface area contributed by atoms with E-state index in [0.717, 1.165) is 116 Å². The Balaban J connectivity index is 4.19. The molecule has 9 heteroatoms. The molecule has 1 N–H and O–H groups in total. The molecule has 0 rings (SSSR count).